The number of nitrogens with zero attached hydrogens (tertiary/aromatic N) is 2. The molecule has 1 saturated heterocycles. The molecule has 0 spiro atoms. The molecule has 0 unspecified atom stereocenters. The fourth-order valence-corrected chi connectivity index (χ4v) is 15.3. The van der Waals surface area contributed by atoms with Gasteiger partial charge in [-0.3, -0.25) is 14.4 Å². The minimum absolute atomic E-state index is 0. The Morgan fingerprint density at radius 2 is 1.54 bits per heavy atom. The van der Waals surface area contributed by atoms with Gasteiger partial charge in [0, 0.05) is 19.4 Å². The molecular formula is C36H65N3NaO5Si3. The molecule has 1 radical (unpaired) electrons. The number of rotatable bonds is 14. The maximum absolute atomic E-state index is 14.3. The Balaban J connectivity index is 0.00000101. The van der Waals surface area contributed by atoms with Crippen molar-refractivity contribution in [1.82, 2.24) is 10.2 Å². The van der Waals surface area contributed by atoms with Gasteiger partial charge in [0.2, 0.25) is 20.9 Å². The number of hydrogen-bond acceptors (Lipinski definition) is 5. The molecule has 2 aliphatic heterocycles. The fraction of sp³-hybridized carbons (Fsp3) is 0.750. The topological polar surface area (TPSA) is 99.0 Å². The fourth-order valence-electron chi connectivity index (χ4n) is 6.74. The summed E-state index contributed by atoms with van der Waals surface area (Å²) in [5.41, 5.74) is -0.803. The van der Waals surface area contributed by atoms with Gasteiger partial charge < -0.3 is 19.1 Å². The second-order valence-corrected chi connectivity index (χ2v) is 28.4. The van der Waals surface area contributed by atoms with Crippen molar-refractivity contribution >= 4 is 43.2 Å². The van der Waals surface area contributed by atoms with E-state index in [1.54, 1.807) is 12.1 Å². The van der Waals surface area contributed by atoms with E-state index in [2.05, 4.69) is 92.3 Å². The molecule has 0 aliphatic carbocycles. The number of β-lactam (4-membered cyclic amide) rings is 1. The molecule has 0 saturated carbocycles. The Labute approximate surface area is 318 Å². The van der Waals surface area contributed by atoms with Gasteiger partial charge in [-0.1, -0.05) is 122 Å². The van der Waals surface area contributed by atoms with E-state index in [0.29, 0.717) is 30.8 Å². The van der Waals surface area contributed by atoms with Crippen LogP contribution in [-0.2, 0) is 14.0 Å². The number of fused-ring (bicyclic) bond motifs is 1. The number of carbonyl (C=O) groups is 3. The summed E-state index contributed by atoms with van der Waals surface area (Å²) in [6.07, 6.45) is 4.69. The van der Waals surface area contributed by atoms with Crippen LogP contribution >= 0.6 is 0 Å². The van der Waals surface area contributed by atoms with E-state index in [9.17, 15) is 14.4 Å². The van der Waals surface area contributed by atoms with E-state index >= 15 is 0 Å². The van der Waals surface area contributed by atoms with Gasteiger partial charge in [-0.05, 0) is 49.4 Å². The molecule has 1 aromatic rings. The maximum atomic E-state index is 14.3. The number of benzene rings is 1. The van der Waals surface area contributed by atoms with Gasteiger partial charge >= 0.3 is 29.6 Å². The van der Waals surface area contributed by atoms with Gasteiger partial charge in [-0.2, -0.15) is 0 Å². The van der Waals surface area contributed by atoms with Crippen molar-refractivity contribution in [3.63, 3.8) is 0 Å². The van der Waals surface area contributed by atoms with Crippen molar-refractivity contribution in [1.29, 1.82) is 0 Å². The number of amides is 3. The maximum Gasteiger partial charge on any atom is 1.00 e. The van der Waals surface area contributed by atoms with E-state index in [1.165, 1.54) is 4.90 Å². The van der Waals surface area contributed by atoms with Gasteiger partial charge in [0.1, 0.15) is 5.75 Å². The second kappa shape index (κ2) is 18.6. The molecule has 1 fully saturated rings. The monoisotopic (exact) mass is 726 g/mol. The normalized spacial score (nSPS) is 20.3. The summed E-state index contributed by atoms with van der Waals surface area (Å²) in [6, 6.07) is 6.83. The smallest absolute Gasteiger partial charge is 0.668 e. The van der Waals surface area contributed by atoms with Gasteiger partial charge in [-0.15, -0.1) is 0 Å². The van der Waals surface area contributed by atoms with Crippen molar-refractivity contribution < 1.29 is 53.1 Å². The van der Waals surface area contributed by atoms with Gasteiger partial charge in [0.15, 0.2) is 5.72 Å². The Kier molecular flexibility index (Phi) is 17.5. The van der Waals surface area contributed by atoms with E-state index in [4.69, 9.17) is 13.8 Å². The summed E-state index contributed by atoms with van der Waals surface area (Å²) in [5.74, 6) is -1.09. The summed E-state index contributed by atoms with van der Waals surface area (Å²) in [5, 5.41) is 3.01. The molecule has 1 N–H and O–H groups in total. The Morgan fingerprint density at radius 3 is 1.96 bits per heavy atom. The van der Waals surface area contributed by atoms with Crippen LogP contribution in [0.5, 0.6) is 5.75 Å². The molecule has 1 aromatic carbocycles. The number of hydrogen-bond donors (Lipinski definition) is 1. The first-order chi connectivity index (χ1) is 21.6. The number of para-hydroxylation sites is 1. The molecule has 3 rings (SSSR count). The SMILES string of the molecule is CCCCC1(CCCC)Oc2ccccc2C(=O)N1C(=O)[C@H](C)[C@H]1NC(=O)[C@H]1[C@@H](CO[Si](C)C)C(C)(C)C.C[Si](C)(C)[N-][Si](C)(C)C.[Na+]. The molecule has 2 aliphatic rings. The first-order valence-electron chi connectivity index (χ1n) is 17.7. The first-order valence-corrected chi connectivity index (χ1v) is 27.0. The first kappa shape index (κ1) is 45.2. The molecule has 3 amide bonds. The van der Waals surface area contributed by atoms with Crippen molar-refractivity contribution in [3.8, 4) is 5.75 Å². The third kappa shape index (κ3) is 12.5. The van der Waals surface area contributed by atoms with E-state index in [-0.39, 0.29) is 70.6 Å². The average molecular weight is 727 g/mol. The van der Waals surface area contributed by atoms with Crippen LogP contribution in [0, 0.1) is 23.2 Å². The van der Waals surface area contributed by atoms with Gasteiger partial charge in [0.25, 0.3) is 5.91 Å². The number of unbranched alkanes of at least 4 members (excludes halogenated alkanes) is 2. The summed E-state index contributed by atoms with van der Waals surface area (Å²) >= 11 is 0. The summed E-state index contributed by atoms with van der Waals surface area (Å²) in [7, 11) is -3.14. The third-order valence-electron chi connectivity index (χ3n) is 8.79. The Hall–Kier alpha value is -0.799. The van der Waals surface area contributed by atoms with E-state index in [1.807, 2.05) is 19.1 Å². The van der Waals surface area contributed by atoms with Crippen LogP contribution < -0.4 is 39.6 Å². The van der Waals surface area contributed by atoms with Crippen LogP contribution in [0.2, 0.25) is 52.4 Å². The minimum Gasteiger partial charge on any atom is -0.668 e. The largest absolute Gasteiger partial charge is 1.00 e. The van der Waals surface area contributed by atoms with Gasteiger partial charge in [0.05, 0.1) is 23.4 Å². The summed E-state index contributed by atoms with van der Waals surface area (Å²) < 4.78 is 17.5. The molecule has 8 nitrogen and oxygen atoms in total. The second-order valence-electron chi connectivity index (χ2n) is 16.7. The minimum atomic E-state index is -1.11. The average Bonchev–Trinajstić information content (AvgIpc) is 2.93. The van der Waals surface area contributed by atoms with Crippen molar-refractivity contribution in [2.75, 3.05) is 6.61 Å². The van der Waals surface area contributed by atoms with Crippen molar-refractivity contribution in [2.45, 2.75) is 144 Å². The van der Waals surface area contributed by atoms with Crippen LogP contribution in [0.3, 0.4) is 0 Å². The number of carbonyl (C=O) groups excluding carboxylic acids is 3. The zero-order valence-electron chi connectivity index (χ0n) is 33.0. The third-order valence-corrected chi connectivity index (χ3v) is 14.9. The van der Waals surface area contributed by atoms with Gasteiger partial charge in [-0.25, -0.2) is 4.90 Å². The van der Waals surface area contributed by atoms with Crippen LogP contribution in [0.15, 0.2) is 24.3 Å². The number of ether oxygens (including phenoxy) is 1. The van der Waals surface area contributed by atoms with Crippen LogP contribution in [0.1, 0.15) is 90.4 Å². The van der Waals surface area contributed by atoms with Crippen LogP contribution in [0.4, 0.5) is 0 Å². The van der Waals surface area contributed by atoms with Crippen molar-refractivity contribution in [2.24, 2.45) is 23.2 Å². The zero-order valence-corrected chi connectivity index (χ0v) is 38.0. The summed E-state index contributed by atoms with van der Waals surface area (Å²) in [6.45, 7) is 30.8. The van der Waals surface area contributed by atoms with Crippen LogP contribution in [0.25, 0.3) is 4.65 Å². The quantitative estimate of drug-likeness (QED) is 0.192. The molecule has 12 heteroatoms. The van der Waals surface area contributed by atoms with Crippen LogP contribution in [-0.4, -0.2) is 66.5 Å². The van der Waals surface area contributed by atoms with E-state index in [0.717, 1.165) is 25.7 Å². The zero-order chi connectivity index (χ0) is 36.0. The van der Waals surface area contributed by atoms with Crippen molar-refractivity contribution in [3.05, 3.63) is 34.5 Å². The molecule has 48 heavy (non-hydrogen) atoms. The molecule has 2 heterocycles. The molecule has 0 aromatic heterocycles. The standard InChI is InChI=1S/C30H47N2O5Si.C6H18NSi2.Na/c1-9-11-17-30(18-12-10-2)32(28(35)21-15-13-14-16-23(21)37-30)27(34)20(3)25-24(26(33)31-25)22(29(4,5)6)19-36-38(7)8;1-8(2,3)7-9(4,5)6;/h13-16,20,22,24-25H,9-12,17-19H2,1-8H3,(H,31,33);1-6H3;/q;-1;+1/t20-,22-,24+,25-;;/m1../s1. The Bertz CT molecular complexity index is 1190. The Morgan fingerprint density at radius 1 is 1.02 bits per heavy atom. The predicted molar refractivity (Wildman–Crippen MR) is 201 cm³/mol. The molecular weight excluding hydrogens is 662 g/mol. The number of nitrogens with one attached hydrogen (secondary N) is 1. The molecule has 4 atom stereocenters. The summed E-state index contributed by atoms with van der Waals surface area (Å²) in [4.78, 5) is 42.7. The number of imide groups is 1. The van der Waals surface area contributed by atoms with E-state index < -0.39 is 37.2 Å². The molecule has 267 valence electrons. The predicted octanol–water partition coefficient (Wildman–Crippen LogP) is 5.84. The molecule has 0 bridgehead atoms.